The molecule has 0 spiro atoms. The van der Waals surface area contributed by atoms with E-state index >= 15 is 0 Å². The number of halogens is 1. The molecule has 210 valence electrons. The van der Waals surface area contributed by atoms with Gasteiger partial charge in [-0.3, -0.25) is 29.2 Å². The Morgan fingerprint density at radius 1 is 1.28 bits per heavy atom. The summed E-state index contributed by atoms with van der Waals surface area (Å²) in [6.45, 7) is 2.69. The Bertz CT molecular complexity index is 1190. The van der Waals surface area contributed by atoms with Crippen LogP contribution in [0.4, 0.5) is 10.1 Å². The molecule has 12 heteroatoms. The average Bonchev–Trinajstić information content (AvgIpc) is 3.57. The van der Waals surface area contributed by atoms with Crippen molar-refractivity contribution in [3.05, 3.63) is 47.3 Å². The largest absolute Gasteiger partial charge is 0.369 e. The highest BCUT2D eigenvalue weighted by atomic mass is 19.1. The first-order valence-electron chi connectivity index (χ1n) is 13.3. The fourth-order valence-corrected chi connectivity index (χ4v) is 5.05. The number of aromatic nitrogens is 2. The second-order valence-electron chi connectivity index (χ2n) is 9.95. The van der Waals surface area contributed by atoms with Gasteiger partial charge in [-0.25, -0.2) is 4.39 Å². The summed E-state index contributed by atoms with van der Waals surface area (Å²) in [5.74, 6) is -1.92. The van der Waals surface area contributed by atoms with E-state index in [1.807, 2.05) is 32.0 Å². The summed E-state index contributed by atoms with van der Waals surface area (Å²) in [6.07, 6.45) is 5.16. The lowest BCUT2D eigenvalue weighted by Crippen LogP contribution is -2.58. The molecule has 0 radical (unpaired) electrons. The van der Waals surface area contributed by atoms with Gasteiger partial charge in [0.2, 0.25) is 23.6 Å². The Hall–Kier alpha value is -3.80. The van der Waals surface area contributed by atoms with Gasteiger partial charge >= 0.3 is 0 Å². The zero-order valence-corrected chi connectivity index (χ0v) is 22.2. The van der Waals surface area contributed by atoms with Gasteiger partial charge in [0.25, 0.3) is 0 Å². The van der Waals surface area contributed by atoms with Gasteiger partial charge in [0.05, 0.1) is 18.5 Å². The number of aryl methyl sites for hydroxylation is 1. The Kier molecular flexibility index (Phi) is 9.28. The van der Waals surface area contributed by atoms with Crippen molar-refractivity contribution < 1.29 is 28.3 Å². The van der Waals surface area contributed by atoms with Crippen molar-refractivity contribution in [2.75, 3.05) is 24.8 Å². The molecule has 0 bridgehead atoms. The maximum atomic E-state index is 13.9. The predicted octanol–water partition coefficient (Wildman–Crippen LogP) is 0.932. The van der Waals surface area contributed by atoms with E-state index in [4.69, 9.17) is 4.74 Å². The first-order chi connectivity index (χ1) is 18.8. The van der Waals surface area contributed by atoms with Gasteiger partial charge in [0, 0.05) is 24.7 Å². The van der Waals surface area contributed by atoms with Crippen molar-refractivity contribution in [1.29, 1.82) is 0 Å². The number of nitrogens with one attached hydrogen (secondary N) is 4. The smallest absolute Gasteiger partial charge is 0.250 e. The van der Waals surface area contributed by atoms with Crippen LogP contribution in [0.15, 0.2) is 30.6 Å². The van der Waals surface area contributed by atoms with Crippen LogP contribution >= 0.6 is 0 Å². The molecule has 1 aromatic carbocycles. The number of anilines is 1. The lowest BCUT2D eigenvalue weighted by Gasteiger charge is -2.30. The van der Waals surface area contributed by atoms with Gasteiger partial charge in [-0.1, -0.05) is 38.5 Å². The third kappa shape index (κ3) is 6.44. The van der Waals surface area contributed by atoms with Gasteiger partial charge in [-0.15, -0.1) is 0 Å². The minimum Gasteiger partial charge on any atom is -0.369 e. The molecule has 4 rings (SSSR count). The van der Waals surface area contributed by atoms with E-state index in [2.05, 4.69) is 26.1 Å². The standard InChI is InChI=1S/C27H35FN6O5/c1-3-16(2)23(33-22(35)15-39-10-9-28)26(37)32-20-8-7-18-5-4-6-19-11-21(34(24(18)19)27(20)38)25(36)29-12-17-13-30-31-14-17/h4-6,13-14,16,20-21,23H,3,7-12,15H2,1-2H3,(H,29,36)(H,30,31)(H,32,37)(H,33,35)/t16-,20-,21-,23-/m0/s1. The number of para-hydroxylation sites is 1. The van der Waals surface area contributed by atoms with Crippen molar-refractivity contribution in [2.24, 2.45) is 5.92 Å². The summed E-state index contributed by atoms with van der Waals surface area (Å²) in [5.41, 5.74) is 3.40. The predicted molar refractivity (Wildman–Crippen MR) is 140 cm³/mol. The monoisotopic (exact) mass is 542 g/mol. The minimum atomic E-state index is -0.905. The second-order valence-corrected chi connectivity index (χ2v) is 9.95. The number of ether oxygens (including phenoxy) is 1. The Morgan fingerprint density at radius 2 is 2.08 bits per heavy atom. The van der Waals surface area contributed by atoms with Crippen LogP contribution in [0.2, 0.25) is 0 Å². The molecule has 2 aromatic rings. The highest BCUT2D eigenvalue weighted by molar-refractivity contribution is 6.08. The summed E-state index contributed by atoms with van der Waals surface area (Å²) in [7, 11) is 0. The van der Waals surface area contributed by atoms with Crippen LogP contribution < -0.4 is 20.9 Å². The van der Waals surface area contributed by atoms with Crippen LogP contribution in [0.3, 0.4) is 0 Å². The van der Waals surface area contributed by atoms with E-state index in [1.165, 1.54) is 4.90 Å². The normalized spacial score (nSPS) is 19.6. The van der Waals surface area contributed by atoms with Gasteiger partial charge in [-0.2, -0.15) is 5.10 Å². The van der Waals surface area contributed by atoms with E-state index in [0.717, 1.165) is 22.4 Å². The molecule has 0 saturated carbocycles. The van der Waals surface area contributed by atoms with Crippen LogP contribution in [-0.2, 0) is 43.3 Å². The van der Waals surface area contributed by atoms with Gasteiger partial charge in [0.1, 0.15) is 31.4 Å². The van der Waals surface area contributed by atoms with Crippen LogP contribution in [0.25, 0.3) is 0 Å². The number of benzene rings is 1. The summed E-state index contributed by atoms with van der Waals surface area (Å²) >= 11 is 0. The van der Waals surface area contributed by atoms with E-state index in [0.29, 0.717) is 25.7 Å². The number of aromatic amines is 1. The molecule has 1 aromatic heterocycles. The van der Waals surface area contributed by atoms with E-state index in [9.17, 15) is 23.6 Å². The number of carbonyl (C=O) groups excluding carboxylic acids is 4. The van der Waals surface area contributed by atoms with E-state index < -0.39 is 36.6 Å². The van der Waals surface area contributed by atoms with E-state index in [-0.39, 0.29) is 37.5 Å². The summed E-state index contributed by atoms with van der Waals surface area (Å²) in [6, 6.07) is 3.23. The summed E-state index contributed by atoms with van der Waals surface area (Å²) in [4.78, 5) is 54.4. The van der Waals surface area contributed by atoms with Gasteiger partial charge < -0.3 is 20.7 Å². The average molecular weight is 543 g/mol. The van der Waals surface area contributed by atoms with Crippen LogP contribution in [0.5, 0.6) is 0 Å². The van der Waals surface area contributed by atoms with Crippen molar-refractivity contribution >= 4 is 29.3 Å². The third-order valence-corrected chi connectivity index (χ3v) is 7.31. The molecule has 4 N–H and O–H groups in total. The van der Waals surface area contributed by atoms with Crippen molar-refractivity contribution in [3.8, 4) is 0 Å². The number of alkyl halides is 1. The lowest BCUT2D eigenvalue weighted by molar-refractivity contribution is -0.134. The Balaban J connectivity index is 1.50. The molecule has 2 aliphatic rings. The first kappa shape index (κ1) is 28.2. The van der Waals surface area contributed by atoms with Crippen LogP contribution in [0, 0.1) is 5.92 Å². The summed E-state index contributed by atoms with van der Waals surface area (Å²) < 4.78 is 17.3. The third-order valence-electron chi connectivity index (χ3n) is 7.31. The molecule has 2 aliphatic heterocycles. The molecular formula is C27H35FN6O5. The van der Waals surface area contributed by atoms with Gasteiger partial charge in [0.15, 0.2) is 0 Å². The molecule has 4 amide bonds. The maximum absolute atomic E-state index is 13.9. The van der Waals surface area contributed by atoms with Crippen molar-refractivity contribution in [3.63, 3.8) is 0 Å². The topological polar surface area (TPSA) is 146 Å². The first-order valence-corrected chi connectivity index (χ1v) is 13.3. The molecular weight excluding hydrogens is 507 g/mol. The fraction of sp³-hybridized carbons (Fsp3) is 0.519. The van der Waals surface area contributed by atoms with Crippen molar-refractivity contribution in [2.45, 2.75) is 64.2 Å². The second kappa shape index (κ2) is 12.8. The summed E-state index contributed by atoms with van der Waals surface area (Å²) in [5, 5.41) is 15.0. The maximum Gasteiger partial charge on any atom is 0.250 e. The number of amides is 4. The number of carbonyl (C=O) groups is 4. The lowest BCUT2D eigenvalue weighted by atomic mass is 9.97. The van der Waals surface area contributed by atoms with Crippen LogP contribution in [0.1, 0.15) is 43.4 Å². The van der Waals surface area contributed by atoms with E-state index in [1.54, 1.807) is 12.4 Å². The number of hydrogen-bond acceptors (Lipinski definition) is 6. The van der Waals surface area contributed by atoms with Crippen molar-refractivity contribution in [1.82, 2.24) is 26.1 Å². The Labute approximate surface area is 226 Å². The van der Waals surface area contributed by atoms with Crippen LogP contribution in [-0.4, -0.2) is 71.8 Å². The SMILES string of the molecule is CC[C@H](C)[C@H](NC(=O)COCCF)C(=O)N[C@H]1CCc2cccc3c2N(C1=O)[C@H](C(=O)NCc1cn[nH]c1)C3. The number of rotatable bonds is 12. The number of hydrogen-bond donors (Lipinski definition) is 4. The molecule has 4 atom stereocenters. The highest BCUT2D eigenvalue weighted by Crippen LogP contribution is 2.39. The Morgan fingerprint density at radius 3 is 2.79 bits per heavy atom. The minimum absolute atomic E-state index is 0.209. The number of H-pyrrole nitrogens is 1. The highest BCUT2D eigenvalue weighted by Gasteiger charge is 2.44. The quantitative estimate of drug-likeness (QED) is 0.294. The van der Waals surface area contributed by atoms with Gasteiger partial charge in [-0.05, 0) is 29.9 Å². The molecule has 0 aliphatic carbocycles. The zero-order valence-electron chi connectivity index (χ0n) is 22.2. The number of nitrogens with zero attached hydrogens (tertiary/aromatic N) is 2. The molecule has 0 saturated heterocycles. The molecule has 3 heterocycles. The molecule has 0 fully saturated rings. The molecule has 0 unspecified atom stereocenters. The molecule has 11 nitrogen and oxygen atoms in total. The zero-order chi connectivity index (χ0) is 27.9. The fourth-order valence-electron chi connectivity index (χ4n) is 5.05. The molecule has 39 heavy (non-hydrogen) atoms.